The third-order valence-corrected chi connectivity index (χ3v) is 1.21. The highest BCUT2D eigenvalue weighted by Gasteiger charge is 1.93. The largest absolute Gasteiger partial charge is 0.303 e. The van der Waals surface area contributed by atoms with Crippen molar-refractivity contribution >= 4 is 18.2 Å². The first-order valence-electron chi connectivity index (χ1n) is 3.71. The Labute approximate surface area is 67.2 Å². The first-order chi connectivity index (χ1) is 5.35. The normalized spacial score (nSPS) is 12.4. The van der Waals surface area contributed by atoms with Crippen molar-refractivity contribution in [3.05, 3.63) is 0 Å². The summed E-state index contributed by atoms with van der Waals surface area (Å²) in [5, 5.41) is 0. The minimum absolute atomic E-state index is 0.430. The third kappa shape index (κ3) is 5.45. The third-order valence-electron chi connectivity index (χ3n) is 1.21. The lowest BCUT2D eigenvalue weighted by molar-refractivity contribution is -0.106. The number of carbonyl (C=O) groups excluding carboxylic acids is 1. The number of nitrogens with zero attached hydrogens (tertiary/aromatic N) is 2. The van der Waals surface area contributed by atoms with Crippen LogP contribution in [0.4, 0.5) is 0 Å². The van der Waals surface area contributed by atoms with E-state index in [0.29, 0.717) is 12.8 Å². The molecule has 0 aliphatic heterocycles. The lowest BCUT2D eigenvalue weighted by Gasteiger charge is -1.95. The smallest absolute Gasteiger partial charge is 0.125 e. The van der Waals surface area contributed by atoms with E-state index in [0.717, 1.165) is 18.5 Å². The molecule has 0 fully saturated rings. The Morgan fingerprint density at radius 1 is 1.45 bits per heavy atom. The molecular weight excluding hydrogens is 140 g/mol. The Morgan fingerprint density at radius 2 is 2.18 bits per heavy atom. The van der Waals surface area contributed by atoms with Gasteiger partial charge in [0.2, 0.25) is 0 Å². The van der Waals surface area contributed by atoms with Gasteiger partial charge in [-0.05, 0) is 6.92 Å². The van der Waals surface area contributed by atoms with Gasteiger partial charge in [0.15, 0.2) is 0 Å². The second-order valence-electron chi connectivity index (χ2n) is 2.06. The number of aldehydes is 1. The molecule has 11 heavy (non-hydrogen) atoms. The Balaban J connectivity index is 3.88. The molecule has 62 valence electrons. The van der Waals surface area contributed by atoms with Crippen molar-refractivity contribution in [3.63, 3.8) is 0 Å². The van der Waals surface area contributed by atoms with Crippen LogP contribution in [0.1, 0.15) is 19.8 Å². The molecule has 0 heterocycles. The molecule has 0 aliphatic carbocycles. The molecule has 0 aliphatic rings. The fraction of sp³-hybridized carbons (Fsp3) is 0.625. The second-order valence-corrected chi connectivity index (χ2v) is 2.06. The van der Waals surface area contributed by atoms with Crippen LogP contribution >= 0.6 is 0 Å². The summed E-state index contributed by atoms with van der Waals surface area (Å²) in [7, 11) is 1.71. The first-order valence-corrected chi connectivity index (χ1v) is 3.71. The maximum atomic E-state index is 10.1. The highest BCUT2D eigenvalue weighted by atomic mass is 16.1. The Morgan fingerprint density at radius 3 is 2.64 bits per heavy atom. The average molecular weight is 154 g/mol. The minimum atomic E-state index is 0.430. The lowest BCUT2D eigenvalue weighted by atomic mass is 10.2. The van der Waals surface area contributed by atoms with Gasteiger partial charge in [-0.3, -0.25) is 4.99 Å². The molecule has 0 saturated heterocycles. The second kappa shape index (κ2) is 7.12. The van der Waals surface area contributed by atoms with Crippen LogP contribution in [-0.4, -0.2) is 31.8 Å². The van der Waals surface area contributed by atoms with Gasteiger partial charge in [-0.25, -0.2) is 0 Å². The fourth-order valence-corrected chi connectivity index (χ4v) is 0.729. The van der Waals surface area contributed by atoms with Crippen LogP contribution in [0, 0.1) is 0 Å². The summed E-state index contributed by atoms with van der Waals surface area (Å²) < 4.78 is 0. The summed E-state index contributed by atoms with van der Waals surface area (Å²) in [6, 6.07) is 0. The molecule has 3 heteroatoms. The van der Waals surface area contributed by atoms with Gasteiger partial charge in [0, 0.05) is 38.4 Å². The molecule has 0 amide bonds. The molecule has 0 unspecified atom stereocenters. The van der Waals surface area contributed by atoms with E-state index in [2.05, 4.69) is 9.98 Å². The number of carbonyl (C=O) groups is 1. The SMILES string of the molecule is CCN=C(CC=O)CC=NC. The van der Waals surface area contributed by atoms with Gasteiger partial charge in [0.1, 0.15) is 6.29 Å². The summed E-state index contributed by atoms with van der Waals surface area (Å²) in [6.07, 6.45) is 3.76. The van der Waals surface area contributed by atoms with Crippen LogP contribution < -0.4 is 0 Å². The van der Waals surface area contributed by atoms with E-state index in [1.807, 2.05) is 6.92 Å². The molecule has 0 aromatic heterocycles. The van der Waals surface area contributed by atoms with E-state index >= 15 is 0 Å². The number of hydrogen-bond acceptors (Lipinski definition) is 3. The van der Waals surface area contributed by atoms with Gasteiger partial charge < -0.3 is 9.79 Å². The van der Waals surface area contributed by atoms with E-state index < -0.39 is 0 Å². The molecule has 0 aromatic carbocycles. The van der Waals surface area contributed by atoms with Crippen molar-refractivity contribution in [1.29, 1.82) is 0 Å². The zero-order valence-corrected chi connectivity index (χ0v) is 7.08. The van der Waals surface area contributed by atoms with Crippen LogP contribution in [-0.2, 0) is 4.79 Å². The van der Waals surface area contributed by atoms with Crippen LogP contribution in [0.5, 0.6) is 0 Å². The fourth-order valence-electron chi connectivity index (χ4n) is 0.729. The molecule has 0 atom stereocenters. The zero-order chi connectivity index (χ0) is 8.53. The molecule has 0 N–H and O–H groups in total. The predicted octanol–water partition coefficient (Wildman–Crippen LogP) is 1.13. The van der Waals surface area contributed by atoms with Gasteiger partial charge in [-0.15, -0.1) is 0 Å². The highest BCUT2D eigenvalue weighted by molar-refractivity contribution is 6.01. The van der Waals surface area contributed by atoms with Gasteiger partial charge >= 0.3 is 0 Å². The summed E-state index contributed by atoms with van der Waals surface area (Å²) in [6.45, 7) is 2.69. The van der Waals surface area contributed by atoms with Crippen LogP contribution in [0.2, 0.25) is 0 Å². The molecule has 0 spiro atoms. The Bertz CT molecular complexity index is 161. The molecular formula is C8H14N2O. The minimum Gasteiger partial charge on any atom is -0.303 e. The van der Waals surface area contributed by atoms with E-state index in [1.54, 1.807) is 13.3 Å². The summed E-state index contributed by atoms with van der Waals surface area (Å²) in [5.41, 5.74) is 0.910. The summed E-state index contributed by atoms with van der Waals surface area (Å²) in [5.74, 6) is 0. The summed E-state index contributed by atoms with van der Waals surface area (Å²) >= 11 is 0. The average Bonchev–Trinajstić information content (AvgIpc) is 2.01. The number of aliphatic imine (C=N–C) groups is 2. The molecule has 0 saturated carbocycles. The van der Waals surface area contributed by atoms with Crippen LogP contribution in [0.3, 0.4) is 0 Å². The quantitative estimate of drug-likeness (QED) is 0.432. The van der Waals surface area contributed by atoms with Gasteiger partial charge in [-0.2, -0.15) is 0 Å². The lowest BCUT2D eigenvalue weighted by Crippen LogP contribution is -2.00. The molecule has 0 rings (SSSR count). The van der Waals surface area contributed by atoms with E-state index in [-0.39, 0.29) is 0 Å². The highest BCUT2D eigenvalue weighted by Crippen LogP contribution is 1.89. The van der Waals surface area contributed by atoms with Crippen LogP contribution in [0.15, 0.2) is 9.98 Å². The summed E-state index contributed by atoms with van der Waals surface area (Å²) in [4.78, 5) is 18.1. The van der Waals surface area contributed by atoms with E-state index in [4.69, 9.17) is 0 Å². The Kier molecular flexibility index (Phi) is 6.48. The van der Waals surface area contributed by atoms with Crippen molar-refractivity contribution in [1.82, 2.24) is 0 Å². The monoisotopic (exact) mass is 154 g/mol. The van der Waals surface area contributed by atoms with Crippen LogP contribution in [0.25, 0.3) is 0 Å². The van der Waals surface area contributed by atoms with Gasteiger partial charge in [0.25, 0.3) is 0 Å². The molecule has 0 radical (unpaired) electrons. The zero-order valence-electron chi connectivity index (χ0n) is 7.08. The predicted molar refractivity (Wildman–Crippen MR) is 47.7 cm³/mol. The van der Waals surface area contributed by atoms with Crippen molar-refractivity contribution < 1.29 is 4.79 Å². The number of rotatable bonds is 5. The van der Waals surface area contributed by atoms with E-state index in [9.17, 15) is 4.79 Å². The van der Waals surface area contributed by atoms with Gasteiger partial charge in [0.05, 0.1) is 0 Å². The van der Waals surface area contributed by atoms with Crippen molar-refractivity contribution in [2.45, 2.75) is 19.8 Å². The topological polar surface area (TPSA) is 41.8 Å². The number of hydrogen-bond donors (Lipinski definition) is 0. The first kappa shape index (κ1) is 10.0. The van der Waals surface area contributed by atoms with Crippen molar-refractivity contribution in [2.75, 3.05) is 13.6 Å². The maximum absolute atomic E-state index is 10.1. The van der Waals surface area contributed by atoms with Crippen molar-refractivity contribution in [3.8, 4) is 0 Å². The molecule has 3 nitrogen and oxygen atoms in total. The Hall–Kier alpha value is -0.990. The molecule has 0 aromatic rings. The molecule has 0 bridgehead atoms. The van der Waals surface area contributed by atoms with E-state index in [1.165, 1.54) is 0 Å². The van der Waals surface area contributed by atoms with Crippen molar-refractivity contribution in [2.24, 2.45) is 9.98 Å². The maximum Gasteiger partial charge on any atom is 0.125 e. The standard InChI is InChI=1S/C8H14N2O/c1-3-10-8(5-7-11)4-6-9-2/h6-7H,3-5H2,1-2H3. The van der Waals surface area contributed by atoms with Gasteiger partial charge in [-0.1, -0.05) is 0 Å².